The Kier molecular flexibility index (Phi) is 34.3. The van der Waals surface area contributed by atoms with Crippen LogP contribution in [0, 0.1) is 0 Å². The van der Waals surface area contributed by atoms with E-state index in [1.165, 1.54) is 238 Å². The van der Waals surface area contributed by atoms with Crippen LogP contribution >= 0.6 is 0 Å². The number of nitrogens with zero attached hydrogens (tertiary/aromatic N) is 3. The number of hydrogen-bond donors (Lipinski definition) is 0. The van der Waals surface area contributed by atoms with Crippen molar-refractivity contribution in [1.82, 2.24) is 13.7 Å². The van der Waals surface area contributed by atoms with Crippen molar-refractivity contribution in [2.24, 2.45) is 0 Å². The number of rotatable bonds is 0. The van der Waals surface area contributed by atoms with Crippen LogP contribution in [-0.2, 0) is 57.8 Å². The fraction of sp³-hybridized carbons (Fsp3) is 0.291. The smallest absolute Gasteiger partial charge is 0.0582 e. The largest absolute Gasteiger partial charge is 0.308 e. The topological polar surface area (TPSA) is 14.8 Å². The number of fused-ring (bicyclic) bond motifs is 39. The maximum Gasteiger partial charge on any atom is 0.0582 e. The van der Waals surface area contributed by atoms with Crippen molar-refractivity contribution in [3.05, 3.63) is 373 Å². The second kappa shape index (κ2) is 45.3. The van der Waals surface area contributed by atoms with E-state index in [9.17, 15) is 0 Å². The van der Waals surface area contributed by atoms with Crippen molar-refractivity contribution in [3.8, 4) is 83.8 Å². The van der Waals surface area contributed by atoms with Gasteiger partial charge in [-0.25, -0.2) is 0 Å². The Hall–Kier alpha value is -12.3. The third-order valence-corrected chi connectivity index (χ3v) is 25.4. The second-order valence-corrected chi connectivity index (χ2v) is 30.2. The Labute approximate surface area is 782 Å². The van der Waals surface area contributed by atoms with Gasteiger partial charge < -0.3 is 13.7 Å². The van der Waals surface area contributed by atoms with Crippen LogP contribution in [0.1, 0.15) is 294 Å². The molecule has 0 atom stereocenters. The van der Waals surface area contributed by atoms with E-state index >= 15 is 0 Å². The summed E-state index contributed by atoms with van der Waals surface area (Å²) in [7, 11) is 0. The highest BCUT2D eigenvalue weighted by Crippen LogP contribution is 2.56. The molecule has 27 rings (SSSR count). The van der Waals surface area contributed by atoms with Gasteiger partial charge in [0, 0.05) is 76.5 Å². The van der Waals surface area contributed by atoms with Gasteiger partial charge in [0.05, 0.1) is 44.5 Å². The molecule has 670 valence electrons. The summed E-state index contributed by atoms with van der Waals surface area (Å²) in [6, 6.07) is 103. The van der Waals surface area contributed by atoms with Crippen molar-refractivity contribution in [3.63, 3.8) is 0 Å². The zero-order valence-corrected chi connectivity index (χ0v) is 84.2. The highest BCUT2D eigenvalue weighted by molar-refractivity contribution is 6.16. The number of aromatic nitrogens is 3. The van der Waals surface area contributed by atoms with E-state index in [0.29, 0.717) is 0 Å². The lowest BCUT2D eigenvalue weighted by molar-refractivity contribution is 1.01. The quantitative estimate of drug-likeness (QED) is 0.144. The second-order valence-electron chi connectivity index (χ2n) is 30.2. The van der Waals surface area contributed by atoms with Gasteiger partial charge in [0.15, 0.2) is 0 Å². The molecule has 3 aromatic heterocycles. The van der Waals surface area contributed by atoms with E-state index in [4.69, 9.17) is 0 Å². The van der Waals surface area contributed by atoms with Gasteiger partial charge in [-0.2, -0.15) is 0 Å². The molecule has 0 N–H and O–H groups in total. The van der Waals surface area contributed by atoms with Crippen molar-refractivity contribution in [1.29, 1.82) is 0 Å². The summed E-state index contributed by atoms with van der Waals surface area (Å²) in [5, 5.41) is 8.24. The van der Waals surface area contributed by atoms with Crippen LogP contribution in [0.5, 0.6) is 0 Å². The summed E-state index contributed by atoms with van der Waals surface area (Å²) in [5.41, 5.74) is 56.4. The Morgan fingerprint density at radius 1 is 0.146 bits per heavy atom. The lowest BCUT2D eigenvalue weighted by atomic mass is 9.92. The van der Waals surface area contributed by atoms with Crippen molar-refractivity contribution < 1.29 is 0 Å². The SMILES string of the molecule is CC.CC.CC.CC.CC.CC.CC.CC.CC.CC.CC.CC.CC.CC.c1ccc2c(c1)Cc1c-2ccc2c1Cc1c-2ccc2c1-n1c3ccccc3c3cccc(c31)C2.c1ccc2c(c1)Cc1ccc3c(c1-2)Cc1c-3ccc2c1-n1c3ccccc3c3cccc(c31)C2.c1ccc2c(c1)Cc1ccc3c(c1-2)Cc1c-3ccc2c3cccc4c3n(c12)-c1ccccc1C4. The van der Waals surface area contributed by atoms with Gasteiger partial charge in [-0.05, 0) is 204 Å². The van der Waals surface area contributed by atoms with E-state index in [-0.39, 0.29) is 0 Å². The standard InChI is InChI=1S/3C33H21N.14C2H6/c1-3-9-23-19(6-1)16-21-12-13-24-25-14-15-27-26-10-5-8-22-17-20-7-2-4-11-30(20)34(32(22)26)33(27)29(25)18-28(24)31(21)23;1-2-8-23-19(6-1)16-20-12-14-24-25-15-13-22-17-21-7-5-10-27-26-9-3-4-11-30(26)34(32(21)27)33(22)29(25)18-28(24)31(20)23;1-2-8-22-19(6-1)17-28-23(22)14-15-24-25-13-12-21-16-20-7-5-10-27-26-9-3-4-11-31(26)34(32(20)27)33(21)30(25)18-29(24)28;14*1-2/h3*1-15H,16-18H2;14*1-2H3. The first kappa shape index (κ1) is 98.3. The molecule has 130 heavy (non-hydrogen) atoms. The Morgan fingerprint density at radius 3 is 0.869 bits per heavy atom. The van der Waals surface area contributed by atoms with Gasteiger partial charge in [-0.15, -0.1) is 0 Å². The van der Waals surface area contributed by atoms with Gasteiger partial charge in [0.1, 0.15) is 0 Å². The fourth-order valence-electron chi connectivity index (χ4n) is 21.3. The summed E-state index contributed by atoms with van der Waals surface area (Å²) >= 11 is 0. The molecular weight excluding hydrogens is 1570 g/mol. The molecule has 0 saturated carbocycles. The molecule has 6 heterocycles. The van der Waals surface area contributed by atoms with E-state index in [1.54, 1.807) is 11.1 Å². The summed E-state index contributed by atoms with van der Waals surface area (Å²) in [4.78, 5) is 0. The lowest BCUT2D eigenvalue weighted by Gasteiger charge is -2.23. The van der Waals surface area contributed by atoms with Crippen LogP contribution < -0.4 is 0 Å². The molecule has 6 aliphatic carbocycles. The van der Waals surface area contributed by atoms with E-state index in [0.717, 1.165) is 57.8 Å². The first-order valence-electron chi connectivity index (χ1n) is 50.8. The molecule has 0 radical (unpaired) electrons. The van der Waals surface area contributed by atoms with Crippen LogP contribution in [0.2, 0.25) is 0 Å². The zero-order chi connectivity index (χ0) is 93.9. The van der Waals surface area contributed by atoms with Crippen LogP contribution in [0.3, 0.4) is 0 Å². The third kappa shape index (κ3) is 16.3. The first-order valence-corrected chi connectivity index (χ1v) is 50.8. The average molecular weight is 1720 g/mol. The van der Waals surface area contributed by atoms with Gasteiger partial charge in [-0.1, -0.05) is 449 Å². The van der Waals surface area contributed by atoms with Crippen molar-refractivity contribution in [2.75, 3.05) is 0 Å². The molecule has 0 amide bonds. The van der Waals surface area contributed by atoms with Gasteiger partial charge >= 0.3 is 0 Å². The van der Waals surface area contributed by atoms with Crippen LogP contribution in [0.4, 0.5) is 0 Å². The molecular formula is C127H147N3. The fourth-order valence-corrected chi connectivity index (χ4v) is 21.3. The van der Waals surface area contributed by atoms with Crippen LogP contribution in [0.25, 0.3) is 149 Å². The van der Waals surface area contributed by atoms with Gasteiger partial charge in [0.25, 0.3) is 0 Å². The van der Waals surface area contributed by atoms with Crippen LogP contribution in [0.15, 0.2) is 273 Å². The maximum absolute atomic E-state index is 2.58. The molecule has 0 bridgehead atoms. The van der Waals surface area contributed by atoms with Crippen LogP contribution in [-0.4, -0.2) is 13.7 Å². The molecule has 18 aromatic rings. The zero-order valence-electron chi connectivity index (χ0n) is 84.2. The molecule has 0 saturated heterocycles. The Morgan fingerprint density at radius 2 is 0.415 bits per heavy atom. The molecule has 15 aromatic carbocycles. The van der Waals surface area contributed by atoms with Crippen molar-refractivity contribution >= 4 is 65.4 Å². The lowest BCUT2D eigenvalue weighted by Crippen LogP contribution is -2.10. The molecule has 0 unspecified atom stereocenters. The molecule has 3 aliphatic heterocycles. The monoisotopic (exact) mass is 1710 g/mol. The summed E-state index contributed by atoms with van der Waals surface area (Å²) in [5.74, 6) is 0. The minimum atomic E-state index is 1.01. The predicted octanol–water partition coefficient (Wildman–Crippen LogP) is 37.9. The molecule has 0 fully saturated rings. The normalized spacial score (nSPS) is 11.7. The first-order chi connectivity index (χ1) is 64.6. The number of benzene rings is 15. The molecule has 3 nitrogen and oxygen atoms in total. The third-order valence-electron chi connectivity index (χ3n) is 25.4. The van der Waals surface area contributed by atoms with Crippen molar-refractivity contribution in [2.45, 2.75) is 252 Å². The minimum Gasteiger partial charge on any atom is -0.308 e. The summed E-state index contributed by atoms with van der Waals surface area (Å²) < 4.78 is 7.74. The Bertz CT molecular complexity index is 6970. The average Bonchev–Trinajstić information content (AvgIpc) is 1.54. The van der Waals surface area contributed by atoms with Gasteiger partial charge in [-0.3, -0.25) is 0 Å². The molecule has 3 heteroatoms. The number of para-hydroxylation sites is 6. The van der Waals surface area contributed by atoms with E-state index in [2.05, 4.69) is 287 Å². The molecule has 0 spiro atoms. The highest BCUT2D eigenvalue weighted by atomic mass is 15.0. The van der Waals surface area contributed by atoms with Gasteiger partial charge in [0.2, 0.25) is 0 Å². The van der Waals surface area contributed by atoms with E-state index < -0.39 is 0 Å². The predicted molar refractivity (Wildman–Crippen MR) is 579 cm³/mol. The van der Waals surface area contributed by atoms with E-state index in [1.807, 2.05) is 194 Å². The Balaban J connectivity index is 0.000000166. The highest BCUT2D eigenvalue weighted by Gasteiger charge is 2.38. The summed E-state index contributed by atoms with van der Waals surface area (Å²) in [6.07, 6.45) is 9.26. The summed E-state index contributed by atoms with van der Waals surface area (Å²) in [6.45, 7) is 56.0. The number of hydrogen-bond acceptors (Lipinski definition) is 0. The molecule has 9 aliphatic rings. The minimum absolute atomic E-state index is 1.01. The maximum atomic E-state index is 2.58.